The molecule has 0 amide bonds. The van der Waals surface area contributed by atoms with Crippen LogP contribution in [0.5, 0.6) is 0 Å². The summed E-state index contributed by atoms with van der Waals surface area (Å²) in [7, 11) is 3.76. The lowest BCUT2D eigenvalue weighted by atomic mass is 10.2. The first-order chi connectivity index (χ1) is 8.16. The molecule has 2 aromatic rings. The third kappa shape index (κ3) is 2.86. The summed E-state index contributed by atoms with van der Waals surface area (Å²) >= 11 is 5.18. The lowest BCUT2D eigenvalue weighted by Crippen LogP contribution is -2.39. The molecule has 0 radical (unpaired) electrons. The zero-order chi connectivity index (χ0) is 12.3. The minimum Gasteiger partial charge on any atom is -0.331 e. The second kappa shape index (κ2) is 5.03. The summed E-state index contributed by atoms with van der Waals surface area (Å²) in [6.07, 6.45) is 3.44. The molecule has 88 valence electrons. The lowest BCUT2D eigenvalue weighted by molar-refractivity contribution is 0.365. The topological polar surface area (TPSA) is 53.1 Å². The Morgan fingerprint density at radius 3 is 2.76 bits per heavy atom. The summed E-state index contributed by atoms with van der Waals surface area (Å²) in [6, 6.07) is 5.88. The van der Waals surface area contributed by atoms with Crippen LogP contribution in [0.15, 0.2) is 30.6 Å². The van der Waals surface area contributed by atoms with Crippen molar-refractivity contribution in [2.75, 3.05) is 19.4 Å². The monoisotopic (exact) mass is 247 g/mol. The number of nitrogens with one attached hydrogen (secondary N) is 2. The largest absolute Gasteiger partial charge is 0.331 e. The minimum atomic E-state index is 0.541. The zero-order valence-electron chi connectivity index (χ0n) is 9.64. The van der Waals surface area contributed by atoms with Crippen LogP contribution in [0.4, 0.5) is 5.69 Å². The molecular weight excluding hydrogens is 234 g/mol. The van der Waals surface area contributed by atoms with Crippen molar-refractivity contribution in [3.8, 4) is 0 Å². The molecule has 5 nitrogen and oxygen atoms in total. The van der Waals surface area contributed by atoms with Crippen LogP contribution in [-0.4, -0.2) is 34.4 Å². The molecule has 0 spiro atoms. The second-order valence-electron chi connectivity index (χ2n) is 3.76. The van der Waals surface area contributed by atoms with E-state index >= 15 is 0 Å². The van der Waals surface area contributed by atoms with Crippen LogP contribution in [0.1, 0.15) is 0 Å². The van der Waals surface area contributed by atoms with Crippen LogP contribution in [-0.2, 0) is 0 Å². The highest BCUT2D eigenvalue weighted by atomic mass is 32.1. The molecule has 6 heteroatoms. The van der Waals surface area contributed by atoms with Gasteiger partial charge in [0.15, 0.2) is 5.11 Å². The van der Waals surface area contributed by atoms with E-state index < -0.39 is 0 Å². The Morgan fingerprint density at radius 1 is 1.24 bits per heavy atom. The standard InChI is InChI=1S/C11H13N5S/c1-16(2)15-11(17)14-10-5-3-4-8-6-12-13-7-9(8)10/h3-7H,1-2H3,(H2,14,15,17). The average molecular weight is 247 g/mol. The van der Waals surface area contributed by atoms with E-state index in [4.69, 9.17) is 12.2 Å². The van der Waals surface area contributed by atoms with Gasteiger partial charge in [-0.05, 0) is 18.3 Å². The van der Waals surface area contributed by atoms with Gasteiger partial charge in [-0.1, -0.05) is 12.1 Å². The van der Waals surface area contributed by atoms with Crippen LogP contribution in [0.2, 0.25) is 0 Å². The number of hydrogen-bond acceptors (Lipinski definition) is 4. The third-order valence-electron chi connectivity index (χ3n) is 2.16. The average Bonchev–Trinajstić information content (AvgIpc) is 2.28. The highest BCUT2D eigenvalue weighted by Gasteiger charge is 2.03. The van der Waals surface area contributed by atoms with Gasteiger partial charge in [0, 0.05) is 30.6 Å². The van der Waals surface area contributed by atoms with E-state index in [9.17, 15) is 0 Å². The molecule has 0 aliphatic heterocycles. The Kier molecular flexibility index (Phi) is 3.46. The van der Waals surface area contributed by atoms with Crippen LogP contribution in [0.25, 0.3) is 10.8 Å². The third-order valence-corrected chi connectivity index (χ3v) is 2.36. The number of fused-ring (bicyclic) bond motifs is 1. The Labute approximate surface area is 105 Å². The van der Waals surface area contributed by atoms with E-state index in [0.717, 1.165) is 16.5 Å². The van der Waals surface area contributed by atoms with Crippen molar-refractivity contribution < 1.29 is 0 Å². The fourth-order valence-electron chi connectivity index (χ4n) is 1.49. The fraction of sp³-hybridized carbons (Fsp3) is 0.182. The summed E-state index contributed by atoms with van der Waals surface area (Å²) in [5.74, 6) is 0. The molecule has 0 aliphatic rings. The predicted molar refractivity (Wildman–Crippen MR) is 72.6 cm³/mol. The molecule has 1 aromatic heterocycles. The SMILES string of the molecule is CN(C)NC(=S)Nc1cccc2cnncc12. The molecule has 0 saturated carbocycles. The molecule has 1 heterocycles. The minimum absolute atomic E-state index is 0.541. The summed E-state index contributed by atoms with van der Waals surface area (Å²) in [5.41, 5.74) is 3.89. The van der Waals surface area contributed by atoms with Crippen molar-refractivity contribution in [3.05, 3.63) is 30.6 Å². The first kappa shape index (κ1) is 11.7. The van der Waals surface area contributed by atoms with Gasteiger partial charge < -0.3 is 5.32 Å². The van der Waals surface area contributed by atoms with Crippen LogP contribution >= 0.6 is 12.2 Å². The molecule has 0 unspecified atom stereocenters. The molecule has 0 aliphatic carbocycles. The van der Waals surface area contributed by atoms with E-state index in [1.807, 2.05) is 32.3 Å². The highest BCUT2D eigenvalue weighted by molar-refractivity contribution is 7.80. The van der Waals surface area contributed by atoms with Crippen molar-refractivity contribution in [3.63, 3.8) is 0 Å². The maximum absolute atomic E-state index is 5.18. The van der Waals surface area contributed by atoms with Crippen LogP contribution < -0.4 is 10.7 Å². The van der Waals surface area contributed by atoms with Crippen LogP contribution in [0, 0.1) is 0 Å². The van der Waals surface area contributed by atoms with Crippen molar-refractivity contribution in [1.29, 1.82) is 0 Å². The summed E-state index contributed by atoms with van der Waals surface area (Å²) in [5, 5.41) is 15.2. The zero-order valence-corrected chi connectivity index (χ0v) is 10.5. The predicted octanol–water partition coefficient (Wildman–Crippen LogP) is 1.39. The van der Waals surface area contributed by atoms with Gasteiger partial charge in [-0.25, -0.2) is 5.01 Å². The molecule has 0 fully saturated rings. The van der Waals surface area contributed by atoms with Gasteiger partial charge in [0.2, 0.25) is 0 Å². The van der Waals surface area contributed by atoms with Crippen molar-refractivity contribution in [2.45, 2.75) is 0 Å². The first-order valence-electron chi connectivity index (χ1n) is 5.11. The van der Waals surface area contributed by atoms with Gasteiger partial charge in [-0.2, -0.15) is 10.2 Å². The quantitative estimate of drug-likeness (QED) is 0.618. The summed E-state index contributed by atoms with van der Waals surface area (Å²) in [4.78, 5) is 0. The number of nitrogens with zero attached hydrogens (tertiary/aromatic N) is 3. The Hall–Kier alpha value is -1.79. The van der Waals surface area contributed by atoms with Gasteiger partial charge in [0.05, 0.1) is 12.4 Å². The molecule has 0 saturated heterocycles. The number of hydrogen-bond donors (Lipinski definition) is 2. The molecule has 0 atom stereocenters. The molecule has 2 rings (SSSR count). The molecular formula is C11H13N5S. The molecule has 2 N–H and O–H groups in total. The van der Waals surface area contributed by atoms with Crippen molar-refractivity contribution in [2.24, 2.45) is 0 Å². The number of benzene rings is 1. The van der Waals surface area contributed by atoms with Gasteiger partial charge in [-0.3, -0.25) is 5.43 Å². The van der Waals surface area contributed by atoms with Crippen LogP contribution in [0.3, 0.4) is 0 Å². The highest BCUT2D eigenvalue weighted by Crippen LogP contribution is 2.21. The van der Waals surface area contributed by atoms with Gasteiger partial charge in [0.1, 0.15) is 0 Å². The van der Waals surface area contributed by atoms with E-state index in [-0.39, 0.29) is 0 Å². The molecule has 17 heavy (non-hydrogen) atoms. The maximum atomic E-state index is 5.18. The Balaban J connectivity index is 2.27. The number of rotatable bonds is 2. The Bertz CT molecular complexity index is 535. The number of thiocarbonyl (C=S) groups is 1. The fourth-order valence-corrected chi connectivity index (χ4v) is 1.78. The van der Waals surface area contributed by atoms with Crippen molar-refractivity contribution >= 4 is 33.8 Å². The van der Waals surface area contributed by atoms with Crippen molar-refractivity contribution in [1.82, 2.24) is 20.6 Å². The van der Waals surface area contributed by atoms with Gasteiger partial charge in [0.25, 0.3) is 0 Å². The number of anilines is 1. The normalized spacial score (nSPS) is 10.5. The second-order valence-corrected chi connectivity index (χ2v) is 4.17. The van der Waals surface area contributed by atoms with Gasteiger partial charge >= 0.3 is 0 Å². The Morgan fingerprint density at radius 2 is 2.00 bits per heavy atom. The maximum Gasteiger partial charge on any atom is 0.185 e. The van der Waals surface area contributed by atoms with Gasteiger partial charge in [-0.15, -0.1) is 0 Å². The van der Waals surface area contributed by atoms with E-state index in [2.05, 4.69) is 20.9 Å². The lowest BCUT2D eigenvalue weighted by Gasteiger charge is -2.16. The summed E-state index contributed by atoms with van der Waals surface area (Å²) in [6.45, 7) is 0. The van der Waals surface area contributed by atoms with E-state index in [0.29, 0.717) is 5.11 Å². The number of hydrazine groups is 1. The van der Waals surface area contributed by atoms with E-state index in [1.165, 1.54) is 0 Å². The molecule has 1 aromatic carbocycles. The first-order valence-corrected chi connectivity index (χ1v) is 5.52. The molecule has 0 bridgehead atoms. The summed E-state index contributed by atoms with van der Waals surface area (Å²) < 4.78 is 0. The number of aromatic nitrogens is 2. The van der Waals surface area contributed by atoms with E-state index in [1.54, 1.807) is 17.4 Å². The smallest absolute Gasteiger partial charge is 0.185 e.